The molecule has 1 N–H and O–H groups in total. The Kier molecular flexibility index (Phi) is 4.77. The Labute approximate surface area is 134 Å². The Morgan fingerprint density at radius 3 is 2.82 bits per heavy atom. The van der Waals surface area contributed by atoms with Crippen molar-refractivity contribution in [2.45, 2.75) is 51.4 Å². The lowest BCUT2D eigenvalue weighted by Gasteiger charge is -2.18. The van der Waals surface area contributed by atoms with Crippen molar-refractivity contribution in [3.05, 3.63) is 34.6 Å². The van der Waals surface area contributed by atoms with Crippen molar-refractivity contribution in [2.75, 3.05) is 5.32 Å². The predicted molar refractivity (Wildman–Crippen MR) is 87.0 cm³/mol. The van der Waals surface area contributed by atoms with Crippen molar-refractivity contribution in [3.63, 3.8) is 0 Å². The van der Waals surface area contributed by atoms with Crippen molar-refractivity contribution in [2.24, 2.45) is 0 Å². The highest BCUT2D eigenvalue weighted by Crippen LogP contribution is 2.35. The smallest absolute Gasteiger partial charge is 0.230 e. The molecule has 0 atom stereocenters. The summed E-state index contributed by atoms with van der Waals surface area (Å²) in [4.78, 5) is 16.3. The van der Waals surface area contributed by atoms with Gasteiger partial charge in [0.25, 0.3) is 0 Å². The first kappa shape index (κ1) is 15.1. The third-order valence-corrected chi connectivity index (χ3v) is 4.98. The number of anilines is 1. The van der Waals surface area contributed by atoms with Crippen LogP contribution in [0.1, 0.15) is 54.3 Å². The zero-order valence-electron chi connectivity index (χ0n) is 12.7. The van der Waals surface area contributed by atoms with Crippen LogP contribution in [0.3, 0.4) is 0 Å². The molecule has 116 valence electrons. The number of rotatable bonds is 4. The average molecular weight is 316 g/mol. The van der Waals surface area contributed by atoms with E-state index >= 15 is 0 Å². The van der Waals surface area contributed by atoms with Gasteiger partial charge in [-0.3, -0.25) is 9.78 Å². The second kappa shape index (κ2) is 6.96. The largest absolute Gasteiger partial charge is 0.300 e. The normalized spacial score (nSPS) is 15.7. The molecule has 0 aromatic carbocycles. The third-order valence-electron chi connectivity index (χ3n) is 3.98. The van der Waals surface area contributed by atoms with Crippen molar-refractivity contribution < 1.29 is 4.79 Å². The molecule has 0 unspecified atom stereocenters. The van der Waals surface area contributed by atoms with Gasteiger partial charge in [-0.05, 0) is 31.4 Å². The fourth-order valence-corrected chi connectivity index (χ4v) is 3.68. The fourth-order valence-electron chi connectivity index (χ4n) is 2.75. The molecule has 2 aromatic rings. The highest BCUT2D eigenvalue weighted by Gasteiger charge is 2.20. The van der Waals surface area contributed by atoms with Crippen LogP contribution in [0.5, 0.6) is 0 Å². The molecule has 1 saturated carbocycles. The monoisotopic (exact) mass is 316 g/mol. The fraction of sp³-hybridized carbons (Fsp3) is 0.500. The van der Waals surface area contributed by atoms with Gasteiger partial charge in [0, 0.05) is 17.8 Å². The maximum Gasteiger partial charge on any atom is 0.230 e. The van der Waals surface area contributed by atoms with E-state index in [1.807, 2.05) is 19.1 Å². The molecule has 1 aliphatic rings. The van der Waals surface area contributed by atoms with Gasteiger partial charge in [-0.25, -0.2) is 0 Å². The van der Waals surface area contributed by atoms with Crippen LogP contribution in [0.15, 0.2) is 18.3 Å². The predicted octanol–water partition coefficient (Wildman–Crippen LogP) is 3.47. The van der Waals surface area contributed by atoms with Gasteiger partial charge < -0.3 is 5.32 Å². The van der Waals surface area contributed by atoms with Crippen LogP contribution in [0.2, 0.25) is 0 Å². The van der Waals surface area contributed by atoms with Crippen LogP contribution in [0, 0.1) is 6.92 Å². The lowest BCUT2D eigenvalue weighted by Crippen LogP contribution is -2.14. The lowest BCUT2D eigenvalue weighted by molar-refractivity contribution is -0.115. The van der Waals surface area contributed by atoms with Gasteiger partial charge in [0.05, 0.1) is 6.42 Å². The maximum atomic E-state index is 12.1. The first-order valence-electron chi connectivity index (χ1n) is 7.75. The minimum atomic E-state index is -0.0722. The molecule has 2 aromatic heterocycles. The van der Waals surface area contributed by atoms with E-state index in [9.17, 15) is 4.79 Å². The number of nitrogens with zero attached hydrogens (tertiary/aromatic N) is 3. The summed E-state index contributed by atoms with van der Waals surface area (Å²) in [5, 5.41) is 12.9. The van der Waals surface area contributed by atoms with Gasteiger partial charge in [0.2, 0.25) is 11.0 Å². The van der Waals surface area contributed by atoms with Gasteiger partial charge in [0.1, 0.15) is 5.01 Å². The Hall–Kier alpha value is -1.82. The van der Waals surface area contributed by atoms with E-state index in [0.29, 0.717) is 17.5 Å². The second-order valence-electron chi connectivity index (χ2n) is 5.81. The summed E-state index contributed by atoms with van der Waals surface area (Å²) in [5.74, 6) is 0.454. The number of hydrogen-bond donors (Lipinski definition) is 1. The molecule has 1 fully saturated rings. The summed E-state index contributed by atoms with van der Waals surface area (Å²) in [6.45, 7) is 1.93. The van der Waals surface area contributed by atoms with E-state index < -0.39 is 0 Å². The van der Waals surface area contributed by atoms with Crippen molar-refractivity contribution in [1.82, 2.24) is 15.2 Å². The Bertz CT molecular complexity index is 632. The molecule has 6 heteroatoms. The van der Waals surface area contributed by atoms with E-state index in [2.05, 4.69) is 20.5 Å². The van der Waals surface area contributed by atoms with Crippen molar-refractivity contribution in [3.8, 4) is 0 Å². The molecular formula is C16H20N4OS. The SMILES string of the molecule is Cc1ccc(CC(=O)Nc2nnc(C3CCCCC3)s2)cn1. The van der Waals surface area contributed by atoms with E-state index in [0.717, 1.165) is 16.3 Å². The van der Waals surface area contributed by atoms with Crippen molar-refractivity contribution in [1.29, 1.82) is 0 Å². The van der Waals surface area contributed by atoms with Gasteiger partial charge in [-0.2, -0.15) is 0 Å². The van der Waals surface area contributed by atoms with E-state index in [1.54, 1.807) is 6.20 Å². The van der Waals surface area contributed by atoms with Gasteiger partial charge in [0.15, 0.2) is 0 Å². The number of hydrogen-bond acceptors (Lipinski definition) is 5. The molecule has 0 radical (unpaired) electrons. The van der Waals surface area contributed by atoms with Crippen LogP contribution >= 0.6 is 11.3 Å². The summed E-state index contributed by atoms with van der Waals surface area (Å²) in [7, 11) is 0. The summed E-state index contributed by atoms with van der Waals surface area (Å²) < 4.78 is 0. The minimum absolute atomic E-state index is 0.0722. The quantitative estimate of drug-likeness (QED) is 0.938. The summed E-state index contributed by atoms with van der Waals surface area (Å²) >= 11 is 1.51. The third kappa shape index (κ3) is 3.88. The summed E-state index contributed by atoms with van der Waals surface area (Å²) in [6, 6.07) is 3.84. The van der Waals surface area contributed by atoms with Gasteiger partial charge in [-0.1, -0.05) is 36.7 Å². The highest BCUT2D eigenvalue weighted by molar-refractivity contribution is 7.15. The van der Waals surface area contributed by atoms with Crippen LogP contribution in [0.25, 0.3) is 0 Å². The van der Waals surface area contributed by atoms with Gasteiger partial charge >= 0.3 is 0 Å². The number of pyridine rings is 1. The highest BCUT2D eigenvalue weighted by atomic mass is 32.1. The molecule has 3 rings (SSSR count). The Morgan fingerprint density at radius 2 is 2.09 bits per heavy atom. The maximum absolute atomic E-state index is 12.1. The van der Waals surface area contributed by atoms with Crippen LogP contribution in [-0.4, -0.2) is 21.1 Å². The lowest BCUT2D eigenvalue weighted by atomic mass is 9.90. The van der Waals surface area contributed by atoms with Gasteiger partial charge in [-0.15, -0.1) is 10.2 Å². The topological polar surface area (TPSA) is 67.8 Å². The number of carbonyl (C=O) groups excluding carboxylic acids is 1. The zero-order chi connectivity index (χ0) is 15.4. The first-order valence-corrected chi connectivity index (χ1v) is 8.57. The molecule has 0 bridgehead atoms. The van der Waals surface area contributed by atoms with Crippen LogP contribution < -0.4 is 5.32 Å². The average Bonchev–Trinajstić information content (AvgIpc) is 2.99. The molecule has 1 amide bonds. The number of carbonyl (C=O) groups is 1. The molecular weight excluding hydrogens is 296 g/mol. The number of aryl methyl sites for hydroxylation is 1. The summed E-state index contributed by atoms with van der Waals surface area (Å²) in [6.07, 6.45) is 8.30. The molecule has 0 aliphatic heterocycles. The summed E-state index contributed by atoms with van der Waals surface area (Å²) in [5.41, 5.74) is 1.85. The van der Waals surface area contributed by atoms with E-state index in [4.69, 9.17) is 0 Å². The number of aromatic nitrogens is 3. The Balaban J connectivity index is 1.57. The van der Waals surface area contributed by atoms with Crippen LogP contribution in [-0.2, 0) is 11.2 Å². The second-order valence-corrected chi connectivity index (χ2v) is 6.82. The molecule has 1 aliphatic carbocycles. The molecule has 0 spiro atoms. The minimum Gasteiger partial charge on any atom is -0.300 e. The standard InChI is InChI=1S/C16H20N4OS/c1-11-7-8-12(10-17-11)9-14(21)18-16-20-19-15(22-16)13-5-3-2-4-6-13/h7-8,10,13H,2-6,9H2,1H3,(H,18,20,21). The molecule has 2 heterocycles. The number of nitrogens with one attached hydrogen (secondary N) is 1. The first-order chi connectivity index (χ1) is 10.7. The molecule has 5 nitrogen and oxygen atoms in total. The van der Waals surface area contributed by atoms with E-state index in [1.165, 1.54) is 43.4 Å². The van der Waals surface area contributed by atoms with Crippen molar-refractivity contribution >= 4 is 22.4 Å². The Morgan fingerprint density at radius 1 is 1.27 bits per heavy atom. The molecule has 22 heavy (non-hydrogen) atoms. The zero-order valence-corrected chi connectivity index (χ0v) is 13.5. The molecule has 0 saturated heterocycles. The van der Waals surface area contributed by atoms with E-state index in [-0.39, 0.29) is 5.91 Å². The van der Waals surface area contributed by atoms with Crippen LogP contribution in [0.4, 0.5) is 5.13 Å². The number of amides is 1.